The van der Waals surface area contributed by atoms with Crippen LogP contribution in [0.1, 0.15) is 50.8 Å². The van der Waals surface area contributed by atoms with Gasteiger partial charge in [-0.25, -0.2) is 4.79 Å². The van der Waals surface area contributed by atoms with Gasteiger partial charge in [0.15, 0.2) is 0 Å². The summed E-state index contributed by atoms with van der Waals surface area (Å²) < 4.78 is 5.45. The molecule has 1 aliphatic rings. The van der Waals surface area contributed by atoms with Crippen LogP contribution in [-0.2, 0) is 11.2 Å². The summed E-state index contributed by atoms with van der Waals surface area (Å²) in [6, 6.07) is 8.53. The number of ether oxygens (including phenoxy) is 1. The van der Waals surface area contributed by atoms with Gasteiger partial charge in [-0.2, -0.15) is 0 Å². The molecule has 0 N–H and O–H groups in total. The second-order valence-electron chi connectivity index (χ2n) is 6.20. The molecule has 1 atom stereocenters. The fourth-order valence-electron chi connectivity index (χ4n) is 2.59. The van der Waals surface area contributed by atoms with Crippen LogP contribution < -0.4 is 0 Å². The van der Waals surface area contributed by atoms with E-state index in [0.29, 0.717) is 0 Å². The van der Waals surface area contributed by atoms with Gasteiger partial charge in [0, 0.05) is 7.05 Å². The van der Waals surface area contributed by atoms with Crippen molar-refractivity contribution in [1.29, 1.82) is 0 Å². The summed E-state index contributed by atoms with van der Waals surface area (Å²) in [7, 11) is 1.83. The normalized spacial score (nSPS) is 18.6. The van der Waals surface area contributed by atoms with Crippen molar-refractivity contribution in [1.82, 2.24) is 4.90 Å². The molecule has 0 aliphatic heterocycles. The fraction of sp³-hybridized carbons (Fsp3) is 0.562. The first-order chi connectivity index (χ1) is 8.88. The summed E-state index contributed by atoms with van der Waals surface area (Å²) in [6.45, 7) is 5.69. The second-order valence-corrected chi connectivity index (χ2v) is 6.20. The minimum atomic E-state index is -0.445. The first-order valence-corrected chi connectivity index (χ1v) is 6.92. The number of amides is 1. The Hall–Kier alpha value is -1.51. The lowest BCUT2D eigenvalue weighted by Gasteiger charge is -2.34. The molecule has 0 aromatic heterocycles. The van der Waals surface area contributed by atoms with Crippen molar-refractivity contribution in [2.24, 2.45) is 0 Å². The van der Waals surface area contributed by atoms with Gasteiger partial charge in [-0.05, 0) is 51.2 Å². The van der Waals surface area contributed by atoms with Crippen LogP contribution in [0.25, 0.3) is 0 Å². The van der Waals surface area contributed by atoms with Gasteiger partial charge >= 0.3 is 6.09 Å². The molecule has 3 nitrogen and oxygen atoms in total. The van der Waals surface area contributed by atoms with Crippen molar-refractivity contribution in [2.45, 2.75) is 51.7 Å². The molecule has 0 saturated heterocycles. The van der Waals surface area contributed by atoms with Crippen molar-refractivity contribution in [2.75, 3.05) is 7.05 Å². The summed E-state index contributed by atoms with van der Waals surface area (Å²) in [5.41, 5.74) is 2.18. The van der Waals surface area contributed by atoms with E-state index < -0.39 is 5.60 Å². The van der Waals surface area contributed by atoms with Gasteiger partial charge < -0.3 is 9.64 Å². The smallest absolute Gasteiger partial charge is 0.410 e. The zero-order chi connectivity index (χ0) is 14.0. The third kappa shape index (κ3) is 3.28. The van der Waals surface area contributed by atoms with E-state index in [2.05, 4.69) is 18.2 Å². The standard InChI is InChI=1S/C16H23NO2/c1-16(2,3)19-15(18)17(4)14-11-7-9-12-8-5-6-10-13(12)14/h5-6,8,10,14H,7,9,11H2,1-4H3/t14-/m0/s1. The van der Waals surface area contributed by atoms with E-state index in [9.17, 15) is 4.79 Å². The third-order valence-corrected chi connectivity index (χ3v) is 3.49. The number of nitrogens with zero attached hydrogens (tertiary/aromatic N) is 1. The quantitative estimate of drug-likeness (QED) is 0.766. The van der Waals surface area contributed by atoms with E-state index in [-0.39, 0.29) is 12.1 Å². The van der Waals surface area contributed by atoms with Gasteiger partial charge in [0.25, 0.3) is 0 Å². The number of benzene rings is 1. The highest BCUT2D eigenvalue weighted by Gasteiger charge is 2.29. The summed E-state index contributed by atoms with van der Waals surface area (Å²) in [6.07, 6.45) is 2.99. The molecule has 0 heterocycles. The van der Waals surface area contributed by atoms with Gasteiger partial charge in [0.1, 0.15) is 5.60 Å². The lowest BCUT2D eigenvalue weighted by Crippen LogP contribution is -2.37. The largest absolute Gasteiger partial charge is 0.444 e. The lowest BCUT2D eigenvalue weighted by molar-refractivity contribution is 0.0204. The Balaban J connectivity index is 2.17. The molecular weight excluding hydrogens is 238 g/mol. The predicted molar refractivity (Wildman–Crippen MR) is 76.1 cm³/mol. The van der Waals surface area contributed by atoms with Gasteiger partial charge in [0.05, 0.1) is 6.04 Å². The fourth-order valence-corrected chi connectivity index (χ4v) is 2.59. The van der Waals surface area contributed by atoms with Crippen LogP contribution in [0.2, 0.25) is 0 Å². The number of aryl methyl sites for hydroxylation is 1. The Morgan fingerprint density at radius 3 is 2.68 bits per heavy atom. The van der Waals surface area contributed by atoms with Crippen molar-refractivity contribution in [3.8, 4) is 0 Å². The molecule has 104 valence electrons. The SMILES string of the molecule is CN(C(=O)OC(C)(C)C)[C@H]1CCCc2ccccc21. The van der Waals surface area contributed by atoms with E-state index in [0.717, 1.165) is 19.3 Å². The minimum Gasteiger partial charge on any atom is -0.444 e. The van der Waals surface area contributed by atoms with Crippen molar-refractivity contribution >= 4 is 6.09 Å². The molecule has 0 saturated carbocycles. The molecular formula is C16H23NO2. The highest BCUT2D eigenvalue weighted by molar-refractivity contribution is 5.68. The first kappa shape index (κ1) is 13.9. The van der Waals surface area contributed by atoms with Crippen LogP contribution in [-0.4, -0.2) is 23.6 Å². The topological polar surface area (TPSA) is 29.5 Å². The van der Waals surface area contributed by atoms with Crippen molar-refractivity contribution in [3.63, 3.8) is 0 Å². The Morgan fingerprint density at radius 2 is 2.00 bits per heavy atom. The monoisotopic (exact) mass is 261 g/mol. The van der Waals surface area contributed by atoms with Crippen LogP contribution in [0.5, 0.6) is 0 Å². The highest BCUT2D eigenvalue weighted by atomic mass is 16.6. The third-order valence-electron chi connectivity index (χ3n) is 3.49. The maximum atomic E-state index is 12.2. The number of hydrogen-bond acceptors (Lipinski definition) is 2. The number of carbonyl (C=O) groups is 1. The number of fused-ring (bicyclic) bond motifs is 1. The van der Waals surface area contributed by atoms with Gasteiger partial charge in [-0.3, -0.25) is 0 Å². The van der Waals surface area contributed by atoms with Crippen LogP contribution >= 0.6 is 0 Å². The van der Waals surface area contributed by atoms with E-state index in [1.807, 2.05) is 33.9 Å². The van der Waals surface area contributed by atoms with Crippen LogP contribution in [0.4, 0.5) is 4.79 Å². The Morgan fingerprint density at radius 1 is 1.32 bits per heavy atom. The maximum absolute atomic E-state index is 12.2. The molecule has 1 amide bonds. The minimum absolute atomic E-state index is 0.139. The van der Waals surface area contributed by atoms with Crippen LogP contribution in [0.3, 0.4) is 0 Å². The van der Waals surface area contributed by atoms with Crippen LogP contribution in [0.15, 0.2) is 24.3 Å². The Bertz CT molecular complexity index is 462. The van der Waals surface area contributed by atoms with Gasteiger partial charge in [-0.15, -0.1) is 0 Å². The molecule has 0 radical (unpaired) electrons. The maximum Gasteiger partial charge on any atom is 0.410 e. The summed E-state index contributed by atoms with van der Waals surface area (Å²) in [5.74, 6) is 0. The molecule has 1 aliphatic carbocycles. The molecule has 1 aromatic carbocycles. The summed E-state index contributed by atoms with van der Waals surface area (Å²) in [4.78, 5) is 13.9. The van der Waals surface area contributed by atoms with E-state index >= 15 is 0 Å². The molecule has 0 spiro atoms. The zero-order valence-corrected chi connectivity index (χ0v) is 12.3. The number of hydrogen-bond donors (Lipinski definition) is 0. The van der Waals surface area contributed by atoms with E-state index in [1.165, 1.54) is 11.1 Å². The van der Waals surface area contributed by atoms with E-state index in [1.54, 1.807) is 4.90 Å². The predicted octanol–water partition coefficient (Wildman–Crippen LogP) is 3.93. The Kier molecular flexibility index (Phi) is 3.83. The molecule has 2 rings (SSSR count). The summed E-state index contributed by atoms with van der Waals surface area (Å²) in [5, 5.41) is 0. The molecule has 0 bridgehead atoms. The van der Waals surface area contributed by atoms with Crippen molar-refractivity contribution < 1.29 is 9.53 Å². The van der Waals surface area contributed by atoms with Crippen molar-refractivity contribution in [3.05, 3.63) is 35.4 Å². The second kappa shape index (κ2) is 5.24. The average molecular weight is 261 g/mol. The number of carbonyl (C=O) groups excluding carboxylic acids is 1. The van der Waals surface area contributed by atoms with Gasteiger partial charge in [0.2, 0.25) is 0 Å². The van der Waals surface area contributed by atoms with Gasteiger partial charge in [-0.1, -0.05) is 24.3 Å². The van der Waals surface area contributed by atoms with Crippen LogP contribution in [0, 0.1) is 0 Å². The molecule has 3 heteroatoms. The zero-order valence-electron chi connectivity index (χ0n) is 12.3. The lowest BCUT2D eigenvalue weighted by atomic mass is 9.87. The summed E-state index contributed by atoms with van der Waals surface area (Å²) >= 11 is 0. The average Bonchev–Trinajstić information content (AvgIpc) is 2.35. The Labute approximate surface area is 115 Å². The molecule has 19 heavy (non-hydrogen) atoms. The number of rotatable bonds is 1. The highest BCUT2D eigenvalue weighted by Crippen LogP contribution is 2.34. The molecule has 0 unspecified atom stereocenters. The first-order valence-electron chi connectivity index (χ1n) is 6.92. The molecule has 1 aromatic rings. The molecule has 0 fully saturated rings. The van der Waals surface area contributed by atoms with E-state index in [4.69, 9.17) is 4.74 Å².